The van der Waals surface area contributed by atoms with Crippen LogP contribution >= 0.6 is 11.3 Å². The molecule has 0 radical (unpaired) electrons. The van der Waals surface area contributed by atoms with Crippen LogP contribution in [0.3, 0.4) is 0 Å². The number of piperidine rings is 1. The van der Waals surface area contributed by atoms with E-state index < -0.39 is 0 Å². The Morgan fingerprint density at radius 1 is 1.42 bits per heavy atom. The van der Waals surface area contributed by atoms with Crippen LogP contribution in [0.2, 0.25) is 0 Å². The van der Waals surface area contributed by atoms with Crippen molar-refractivity contribution in [3.8, 4) is 0 Å². The number of hydrogen-bond donors (Lipinski definition) is 1. The molecule has 2 heterocycles. The van der Waals surface area contributed by atoms with E-state index in [1.54, 1.807) is 0 Å². The highest BCUT2D eigenvalue weighted by molar-refractivity contribution is 7.10. The zero-order valence-corrected chi connectivity index (χ0v) is 13.3. The average Bonchev–Trinajstić information content (AvgIpc) is 2.82. The van der Waals surface area contributed by atoms with Gasteiger partial charge in [0.15, 0.2) is 0 Å². The van der Waals surface area contributed by atoms with Crippen LogP contribution in [0.5, 0.6) is 0 Å². The molecule has 2 nitrogen and oxygen atoms in total. The first kappa shape index (κ1) is 15.0. The topological polar surface area (TPSA) is 15.3 Å². The van der Waals surface area contributed by atoms with Gasteiger partial charge < -0.3 is 5.32 Å². The molecule has 1 unspecified atom stereocenters. The fourth-order valence-corrected chi connectivity index (χ4v) is 3.90. The third-order valence-electron chi connectivity index (χ3n) is 4.20. The van der Waals surface area contributed by atoms with E-state index in [0.29, 0.717) is 0 Å². The molecule has 1 N–H and O–H groups in total. The molecule has 1 aromatic heterocycles. The predicted octanol–water partition coefficient (Wildman–Crippen LogP) is 3.80. The van der Waals surface area contributed by atoms with E-state index in [2.05, 4.69) is 35.5 Å². The highest BCUT2D eigenvalue weighted by Gasteiger charge is 2.20. The van der Waals surface area contributed by atoms with Crippen molar-refractivity contribution in [1.82, 2.24) is 10.2 Å². The van der Waals surface area contributed by atoms with Crippen molar-refractivity contribution in [3.63, 3.8) is 0 Å². The molecule has 0 amide bonds. The van der Waals surface area contributed by atoms with Gasteiger partial charge in [-0.25, -0.2) is 0 Å². The largest absolute Gasteiger partial charge is 0.311 e. The molecule has 1 saturated heterocycles. The average molecular weight is 280 g/mol. The van der Waals surface area contributed by atoms with Gasteiger partial charge in [-0.2, -0.15) is 0 Å². The predicted molar refractivity (Wildman–Crippen MR) is 84.9 cm³/mol. The third kappa shape index (κ3) is 4.59. The van der Waals surface area contributed by atoms with Crippen molar-refractivity contribution in [2.45, 2.75) is 58.5 Å². The molecule has 3 heteroatoms. The molecule has 1 aromatic rings. The monoisotopic (exact) mass is 280 g/mol. The van der Waals surface area contributed by atoms with Crippen LogP contribution in [0.25, 0.3) is 0 Å². The minimum Gasteiger partial charge on any atom is -0.311 e. The van der Waals surface area contributed by atoms with Crippen LogP contribution in [-0.4, -0.2) is 30.6 Å². The Bertz CT molecular complexity index is 359. The number of thiophene rings is 1. The molecule has 0 saturated carbocycles. The van der Waals surface area contributed by atoms with Crippen molar-refractivity contribution in [1.29, 1.82) is 0 Å². The van der Waals surface area contributed by atoms with E-state index in [0.717, 1.165) is 19.1 Å². The quantitative estimate of drug-likeness (QED) is 0.764. The summed E-state index contributed by atoms with van der Waals surface area (Å²) in [7, 11) is 0. The molecule has 0 aromatic carbocycles. The Labute approximate surface area is 122 Å². The fraction of sp³-hybridized carbons (Fsp3) is 0.750. The standard InChI is InChI=1S/C16H28N2S/c1-3-6-15-7-4-5-10-18(15)11-9-17-13-16-14(2)8-12-19-16/h8,12,15,17H,3-7,9-11,13H2,1-2H3. The lowest BCUT2D eigenvalue weighted by Crippen LogP contribution is -2.42. The molecule has 1 fully saturated rings. The van der Waals surface area contributed by atoms with Crippen molar-refractivity contribution in [2.75, 3.05) is 19.6 Å². The maximum absolute atomic E-state index is 3.61. The molecule has 2 rings (SSSR count). The minimum absolute atomic E-state index is 0.851. The zero-order chi connectivity index (χ0) is 13.5. The third-order valence-corrected chi connectivity index (χ3v) is 5.22. The van der Waals surface area contributed by atoms with Gasteiger partial charge in [0, 0.05) is 30.6 Å². The first-order valence-electron chi connectivity index (χ1n) is 7.79. The number of likely N-dealkylation sites (tertiary alicyclic amines) is 1. The second-order valence-corrected chi connectivity index (χ2v) is 6.68. The summed E-state index contributed by atoms with van der Waals surface area (Å²) in [5, 5.41) is 5.80. The number of rotatable bonds is 7. The van der Waals surface area contributed by atoms with E-state index in [1.165, 1.54) is 55.6 Å². The van der Waals surface area contributed by atoms with Gasteiger partial charge in [-0.15, -0.1) is 11.3 Å². The van der Waals surface area contributed by atoms with Crippen LogP contribution in [0.15, 0.2) is 11.4 Å². The Morgan fingerprint density at radius 2 is 2.32 bits per heavy atom. The summed E-state index contributed by atoms with van der Waals surface area (Å²) < 4.78 is 0. The van der Waals surface area contributed by atoms with Gasteiger partial charge in [0.05, 0.1) is 0 Å². The first-order chi connectivity index (χ1) is 9.31. The lowest BCUT2D eigenvalue weighted by molar-refractivity contribution is 0.140. The molecule has 0 spiro atoms. The van der Waals surface area contributed by atoms with Gasteiger partial charge in [0.25, 0.3) is 0 Å². The summed E-state index contributed by atoms with van der Waals surface area (Å²) in [6.07, 6.45) is 6.94. The fourth-order valence-electron chi connectivity index (χ4n) is 3.02. The molecule has 19 heavy (non-hydrogen) atoms. The summed E-state index contributed by atoms with van der Waals surface area (Å²) >= 11 is 1.87. The highest BCUT2D eigenvalue weighted by atomic mass is 32.1. The van der Waals surface area contributed by atoms with E-state index in [4.69, 9.17) is 0 Å². The lowest BCUT2D eigenvalue weighted by atomic mass is 9.98. The Balaban J connectivity index is 1.67. The Kier molecular flexibility index (Phi) is 6.35. The molecular weight excluding hydrogens is 252 g/mol. The summed E-state index contributed by atoms with van der Waals surface area (Å²) in [6.45, 7) is 9.20. The van der Waals surface area contributed by atoms with E-state index >= 15 is 0 Å². The second kappa shape index (κ2) is 8.03. The molecule has 1 aliphatic heterocycles. The molecule has 1 aliphatic rings. The minimum atomic E-state index is 0.851. The van der Waals surface area contributed by atoms with Crippen LogP contribution in [0.4, 0.5) is 0 Å². The van der Waals surface area contributed by atoms with Gasteiger partial charge in [-0.05, 0) is 49.7 Å². The van der Waals surface area contributed by atoms with Crippen molar-refractivity contribution >= 4 is 11.3 Å². The number of nitrogens with zero attached hydrogens (tertiary/aromatic N) is 1. The van der Waals surface area contributed by atoms with Crippen LogP contribution < -0.4 is 5.32 Å². The van der Waals surface area contributed by atoms with Crippen molar-refractivity contribution < 1.29 is 0 Å². The van der Waals surface area contributed by atoms with Gasteiger partial charge in [0.1, 0.15) is 0 Å². The maximum Gasteiger partial charge on any atom is 0.0302 e. The summed E-state index contributed by atoms with van der Waals surface area (Å²) in [4.78, 5) is 4.20. The SMILES string of the molecule is CCCC1CCCCN1CCNCc1sccc1C. The van der Waals surface area contributed by atoms with Crippen molar-refractivity contribution in [2.24, 2.45) is 0 Å². The van der Waals surface area contributed by atoms with Gasteiger partial charge in [-0.1, -0.05) is 19.8 Å². The highest BCUT2D eigenvalue weighted by Crippen LogP contribution is 2.20. The molecule has 0 aliphatic carbocycles. The maximum atomic E-state index is 3.61. The van der Waals surface area contributed by atoms with Gasteiger partial charge in [-0.3, -0.25) is 4.90 Å². The van der Waals surface area contributed by atoms with Crippen LogP contribution in [-0.2, 0) is 6.54 Å². The van der Waals surface area contributed by atoms with E-state index in [1.807, 2.05) is 11.3 Å². The molecule has 0 bridgehead atoms. The van der Waals surface area contributed by atoms with Crippen LogP contribution in [0.1, 0.15) is 49.5 Å². The van der Waals surface area contributed by atoms with E-state index in [9.17, 15) is 0 Å². The van der Waals surface area contributed by atoms with Crippen LogP contribution in [0, 0.1) is 6.92 Å². The smallest absolute Gasteiger partial charge is 0.0302 e. The molecule has 1 atom stereocenters. The van der Waals surface area contributed by atoms with Crippen molar-refractivity contribution in [3.05, 3.63) is 21.9 Å². The molecular formula is C16H28N2S. The molecule has 108 valence electrons. The van der Waals surface area contributed by atoms with Gasteiger partial charge in [0.2, 0.25) is 0 Å². The second-order valence-electron chi connectivity index (χ2n) is 5.68. The Morgan fingerprint density at radius 3 is 3.05 bits per heavy atom. The normalized spacial score (nSPS) is 20.8. The van der Waals surface area contributed by atoms with E-state index in [-0.39, 0.29) is 0 Å². The lowest BCUT2D eigenvalue weighted by Gasteiger charge is -2.35. The van der Waals surface area contributed by atoms with Gasteiger partial charge >= 0.3 is 0 Å². The summed E-state index contributed by atoms with van der Waals surface area (Å²) in [5.41, 5.74) is 1.43. The number of hydrogen-bond acceptors (Lipinski definition) is 3. The summed E-state index contributed by atoms with van der Waals surface area (Å²) in [6, 6.07) is 3.06. The number of nitrogens with one attached hydrogen (secondary N) is 1. The summed E-state index contributed by atoms with van der Waals surface area (Å²) in [5.74, 6) is 0. The Hall–Kier alpha value is -0.380. The number of aryl methyl sites for hydroxylation is 1. The first-order valence-corrected chi connectivity index (χ1v) is 8.67. The zero-order valence-electron chi connectivity index (χ0n) is 12.5.